The van der Waals surface area contributed by atoms with Gasteiger partial charge in [0.25, 0.3) is 0 Å². The first-order valence-electron chi connectivity index (χ1n) is 14.5. The highest BCUT2D eigenvalue weighted by Crippen LogP contribution is 2.54. The molecular formula is C38H25N3O. The molecule has 0 unspecified atom stereocenters. The fraction of sp³-hybridized carbons (Fsp3) is 0.0789. The van der Waals surface area contributed by atoms with E-state index in [2.05, 4.69) is 138 Å². The molecule has 0 bridgehead atoms. The van der Waals surface area contributed by atoms with Crippen LogP contribution in [0, 0.1) is 0 Å². The lowest BCUT2D eigenvalue weighted by Crippen LogP contribution is -2.14. The fourth-order valence-electron chi connectivity index (χ4n) is 7.56. The Balaban J connectivity index is 1.36. The lowest BCUT2D eigenvalue weighted by molar-refractivity contribution is 0.466. The Morgan fingerprint density at radius 1 is 0.643 bits per heavy atom. The summed E-state index contributed by atoms with van der Waals surface area (Å²) >= 11 is 0. The van der Waals surface area contributed by atoms with Crippen LogP contribution < -0.4 is 0 Å². The summed E-state index contributed by atoms with van der Waals surface area (Å²) in [5, 5.41) is 4.74. The lowest BCUT2D eigenvalue weighted by Gasteiger charge is -2.18. The number of rotatable bonds is 1. The van der Waals surface area contributed by atoms with E-state index in [1.54, 1.807) is 0 Å². The Morgan fingerprint density at radius 2 is 1.33 bits per heavy atom. The Bertz CT molecular complexity index is 2610. The first-order chi connectivity index (χ1) is 20.6. The molecule has 4 nitrogen and oxygen atoms in total. The van der Waals surface area contributed by atoms with E-state index < -0.39 is 0 Å². The van der Waals surface area contributed by atoms with Crippen molar-refractivity contribution < 1.29 is 4.42 Å². The summed E-state index contributed by atoms with van der Waals surface area (Å²) in [5.41, 5.74) is 12.1. The highest BCUT2D eigenvalue weighted by atomic mass is 16.3. The molecule has 1 aliphatic carbocycles. The minimum Gasteiger partial charge on any atom is -0.457 e. The monoisotopic (exact) mass is 539 g/mol. The number of hydrogen-bond donors (Lipinski definition) is 0. The summed E-state index contributed by atoms with van der Waals surface area (Å²) in [4.78, 5) is 5.17. The number of nitrogens with zero attached hydrogens (tertiary/aromatic N) is 3. The number of imidazole rings is 1. The van der Waals surface area contributed by atoms with Gasteiger partial charge in [0.15, 0.2) is 5.58 Å². The van der Waals surface area contributed by atoms with Gasteiger partial charge in [0.2, 0.25) is 0 Å². The number of aromatic nitrogens is 3. The first-order valence-corrected chi connectivity index (χ1v) is 14.5. The molecule has 4 heterocycles. The molecule has 0 N–H and O–H groups in total. The molecule has 42 heavy (non-hydrogen) atoms. The summed E-state index contributed by atoms with van der Waals surface area (Å²) in [6, 6.07) is 41.2. The van der Waals surface area contributed by atoms with E-state index in [0.717, 1.165) is 61.0 Å². The van der Waals surface area contributed by atoms with Crippen LogP contribution in [-0.2, 0) is 5.41 Å². The maximum atomic E-state index is 6.83. The van der Waals surface area contributed by atoms with Gasteiger partial charge >= 0.3 is 0 Å². The molecule has 5 aromatic carbocycles. The molecule has 4 heteroatoms. The van der Waals surface area contributed by atoms with Gasteiger partial charge in [0.05, 0.1) is 22.1 Å². The minimum atomic E-state index is -0.206. The average molecular weight is 540 g/mol. The van der Waals surface area contributed by atoms with Crippen molar-refractivity contribution in [1.82, 2.24) is 14.0 Å². The van der Waals surface area contributed by atoms with Gasteiger partial charge in [-0.3, -0.25) is 4.40 Å². The third kappa shape index (κ3) is 2.57. The third-order valence-corrected chi connectivity index (χ3v) is 9.43. The maximum absolute atomic E-state index is 6.83. The van der Waals surface area contributed by atoms with Crippen molar-refractivity contribution in [3.63, 3.8) is 0 Å². The third-order valence-electron chi connectivity index (χ3n) is 9.43. The zero-order valence-corrected chi connectivity index (χ0v) is 23.2. The normalized spacial score (nSPS) is 14.1. The second kappa shape index (κ2) is 7.48. The smallest absolute Gasteiger partial charge is 0.161 e. The molecular weight excluding hydrogens is 514 g/mol. The topological polar surface area (TPSA) is 35.4 Å². The van der Waals surface area contributed by atoms with Gasteiger partial charge < -0.3 is 8.98 Å². The average Bonchev–Trinajstić information content (AvgIpc) is 3.74. The van der Waals surface area contributed by atoms with E-state index in [-0.39, 0.29) is 5.41 Å². The van der Waals surface area contributed by atoms with E-state index in [1.165, 1.54) is 27.5 Å². The number of pyridine rings is 1. The molecule has 4 aromatic heterocycles. The van der Waals surface area contributed by atoms with E-state index >= 15 is 0 Å². The molecule has 0 fully saturated rings. The van der Waals surface area contributed by atoms with Crippen molar-refractivity contribution >= 4 is 60.4 Å². The van der Waals surface area contributed by atoms with Gasteiger partial charge in [0, 0.05) is 32.8 Å². The zero-order valence-electron chi connectivity index (χ0n) is 23.2. The van der Waals surface area contributed by atoms with E-state index in [9.17, 15) is 0 Å². The zero-order chi connectivity index (χ0) is 27.7. The van der Waals surface area contributed by atoms with E-state index in [4.69, 9.17) is 9.40 Å². The second-order valence-electron chi connectivity index (χ2n) is 12.0. The summed E-state index contributed by atoms with van der Waals surface area (Å²) in [5.74, 6) is 1.04. The Kier molecular flexibility index (Phi) is 3.98. The molecule has 1 aliphatic rings. The van der Waals surface area contributed by atoms with Crippen LogP contribution in [0.2, 0.25) is 0 Å². The number of para-hydroxylation sites is 2. The SMILES string of the molecule is CC1(C)c2ccccc2-c2c1oc1c3ccccc3n(-c3ccc4nc5c6ccccc6c6ccccc6n5c4c3)c21. The Labute approximate surface area is 241 Å². The molecule has 0 saturated carbocycles. The Hall–Kier alpha value is -5.35. The van der Waals surface area contributed by atoms with Gasteiger partial charge in [-0.2, -0.15) is 0 Å². The van der Waals surface area contributed by atoms with Crippen molar-refractivity contribution in [2.45, 2.75) is 19.3 Å². The molecule has 10 rings (SSSR count). The Morgan fingerprint density at radius 3 is 2.19 bits per heavy atom. The summed E-state index contributed by atoms with van der Waals surface area (Å²) in [7, 11) is 0. The minimum absolute atomic E-state index is 0.206. The summed E-state index contributed by atoms with van der Waals surface area (Å²) in [6.07, 6.45) is 0. The second-order valence-corrected chi connectivity index (χ2v) is 12.0. The van der Waals surface area contributed by atoms with Crippen LogP contribution in [0.4, 0.5) is 0 Å². The molecule has 0 saturated heterocycles. The van der Waals surface area contributed by atoms with Crippen molar-refractivity contribution in [1.29, 1.82) is 0 Å². The molecule has 9 aromatic rings. The molecule has 0 spiro atoms. The predicted molar refractivity (Wildman–Crippen MR) is 172 cm³/mol. The predicted octanol–water partition coefficient (Wildman–Crippen LogP) is 9.79. The van der Waals surface area contributed by atoms with Crippen molar-refractivity contribution in [2.75, 3.05) is 0 Å². The van der Waals surface area contributed by atoms with Crippen LogP contribution in [0.3, 0.4) is 0 Å². The number of fused-ring (bicyclic) bond motifs is 15. The first kappa shape index (κ1) is 22.4. The summed E-state index contributed by atoms with van der Waals surface area (Å²) < 4.78 is 11.6. The van der Waals surface area contributed by atoms with E-state index in [0.29, 0.717) is 0 Å². The number of furan rings is 1. The van der Waals surface area contributed by atoms with Crippen LogP contribution in [0.25, 0.3) is 77.2 Å². The quantitative estimate of drug-likeness (QED) is 0.195. The lowest BCUT2D eigenvalue weighted by atomic mass is 9.86. The van der Waals surface area contributed by atoms with Crippen LogP contribution >= 0.6 is 0 Å². The summed E-state index contributed by atoms with van der Waals surface area (Å²) in [6.45, 7) is 4.54. The molecule has 0 aliphatic heterocycles. The molecule has 0 atom stereocenters. The fourth-order valence-corrected chi connectivity index (χ4v) is 7.56. The highest BCUT2D eigenvalue weighted by molar-refractivity contribution is 6.15. The van der Waals surface area contributed by atoms with Gasteiger partial charge in [-0.15, -0.1) is 0 Å². The van der Waals surface area contributed by atoms with Crippen LogP contribution in [-0.4, -0.2) is 14.0 Å². The van der Waals surface area contributed by atoms with Crippen LogP contribution in [0.15, 0.2) is 120 Å². The maximum Gasteiger partial charge on any atom is 0.161 e. The van der Waals surface area contributed by atoms with Gasteiger partial charge in [0.1, 0.15) is 16.9 Å². The van der Waals surface area contributed by atoms with Gasteiger partial charge in [-0.1, -0.05) is 78.9 Å². The van der Waals surface area contributed by atoms with Crippen molar-refractivity contribution in [3.05, 3.63) is 127 Å². The standard InChI is InChI=1S/C38H25N3O/c1-38(2)28-16-8-5-14-26(28)33-34-35(42-36(33)38)27-15-7-10-18-31(27)40(34)22-19-20-29-32(21-22)41-30-17-9-6-12-24(30)23-11-3-4-13-25(23)37(41)39-29/h3-21H,1-2H3. The van der Waals surface area contributed by atoms with Gasteiger partial charge in [-0.05, 0) is 66.8 Å². The number of benzene rings is 5. The number of hydrogen-bond acceptors (Lipinski definition) is 2. The largest absolute Gasteiger partial charge is 0.457 e. The molecule has 198 valence electrons. The molecule has 0 radical (unpaired) electrons. The van der Waals surface area contributed by atoms with Crippen LogP contribution in [0.1, 0.15) is 25.2 Å². The van der Waals surface area contributed by atoms with Crippen molar-refractivity contribution in [3.8, 4) is 16.8 Å². The van der Waals surface area contributed by atoms with Crippen molar-refractivity contribution in [2.24, 2.45) is 0 Å². The molecule has 0 amide bonds. The highest BCUT2D eigenvalue weighted by Gasteiger charge is 2.42. The van der Waals surface area contributed by atoms with Crippen LogP contribution in [0.5, 0.6) is 0 Å². The van der Waals surface area contributed by atoms with Gasteiger partial charge in [-0.25, -0.2) is 4.98 Å². The van der Waals surface area contributed by atoms with E-state index in [1.807, 2.05) is 0 Å².